The normalized spacial score (nSPS) is 19.4. The van der Waals surface area contributed by atoms with E-state index in [0.29, 0.717) is 0 Å². The van der Waals surface area contributed by atoms with Gasteiger partial charge in [0.05, 0.1) is 24.3 Å². The fourth-order valence-electron chi connectivity index (χ4n) is 3.58. The molecule has 1 N–H and O–H groups in total. The molecular weight excluding hydrogens is 302 g/mol. The minimum atomic E-state index is -1.17. The van der Waals surface area contributed by atoms with Crippen molar-refractivity contribution in [1.82, 2.24) is 14.7 Å². The maximum absolute atomic E-state index is 12.8. The van der Waals surface area contributed by atoms with Gasteiger partial charge in [-0.25, -0.2) is 0 Å². The van der Waals surface area contributed by atoms with Gasteiger partial charge in [-0.1, -0.05) is 30.3 Å². The van der Waals surface area contributed by atoms with Gasteiger partial charge in [-0.05, 0) is 31.7 Å². The van der Waals surface area contributed by atoms with Crippen LogP contribution in [-0.2, 0) is 23.9 Å². The molecule has 1 aliphatic rings. The summed E-state index contributed by atoms with van der Waals surface area (Å²) >= 11 is 0. The first-order chi connectivity index (χ1) is 11.4. The average molecular weight is 327 g/mol. The Morgan fingerprint density at radius 3 is 2.83 bits per heavy atom. The van der Waals surface area contributed by atoms with Gasteiger partial charge in [0.25, 0.3) is 0 Å². The number of nitrogens with zero attached hydrogens (tertiary/aromatic N) is 3. The molecule has 0 bridgehead atoms. The van der Waals surface area contributed by atoms with Crippen molar-refractivity contribution in [1.29, 1.82) is 0 Å². The first kappa shape index (κ1) is 16.7. The molecule has 3 rings (SSSR count). The summed E-state index contributed by atoms with van der Waals surface area (Å²) in [5.41, 5.74) is 1.94. The molecule has 1 aromatic heterocycles. The molecule has 5 nitrogen and oxygen atoms in total. The Bertz CT molecular complexity index is 721. The van der Waals surface area contributed by atoms with Gasteiger partial charge < -0.3 is 10.0 Å². The Morgan fingerprint density at radius 1 is 1.42 bits per heavy atom. The number of aliphatic hydroxyl groups is 1. The van der Waals surface area contributed by atoms with Crippen LogP contribution in [0.5, 0.6) is 0 Å². The summed E-state index contributed by atoms with van der Waals surface area (Å²) in [6, 6.07) is 9.41. The monoisotopic (exact) mass is 327 g/mol. The van der Waals surface area contributed by atoms with Crippen LogP contribution in [0.15, 0.2) is 36.5 Å². The molecule has 0 saturated heterocycles. The van der Waals surface area contributed by atoms with Crippen molar-refractivity contribution in [3.63, 3.8) is 0 Å². The van der Waals surface area contributed by atoms with Gasteiger partial charge in [0, 0.05) is 25.4 Å². The summed E-state index contributed by atoms with van der Waals surface area (Å²) in [6.07, 6.45) is 4.93. The zero-order chi connectivity index (χ0) is 17.3. The van der Waals surface area contributed by atoms with Gasteiger partial charge in [0.1, 0.15) is 0 Å². The highest BCUT2D eigenvalue weighted by Gasteiger charge is 2.33. The van der Waals surface area contributed by atoms with E-state index < -0.39 is 5.60 Å². The topological polar surface area (TPSA) is 58.4 Å². The first-order valence-corrected chi connectivity index (χ1v) is 8.44. The third kappa shape index (κ3) is 3.08. The molecule has 2 atom stereocenters. The maximum Gasteiger partial charge on any atom is 0.226 e. The largest absolute Gasteiger partial charge is 0.385 e. The van der Waals surface area contributed by atoms with Crippen LogP contribution in [0.4, 0.5) is 0 Å². The molecule has 0 fully saturated rings. The zero-order valence-electron chi connectivity index (χ0n) is 14.6. The third-order valence-corrected chi connectivity index (χ3v) is 5.10. The summed E-state index contributed by atoms with van der Waals surface area (Å²) in [6.45, 7) is 1.70. The second-order valence-electron chi connectivity index (χ2n) is 6.90. The summed E-state index contributed by atoms with van der Waals surface area (Å²) in [4.78, 5) is 14.6. The number of fused-ring (bicyclic) bond motifs is 1. The molecule has 1 aliphatic carbocycles. The van der Waals surface area contributed by atoms with E-state index in [1.165, 1.54) is 5.69 Å². The minimum absolute atomic E-state index is 0.0431. The molecule has 2 unspecified atom stereocenters. The molecule has 1 heterocycles. The quantitative estimate of drug-likeness (QED) is 0.939. The molecule has 0 spiro atoms. The molecule has 0 radical (unpaired) electrons. The number of aromatic nitrogens is 2. The lowest BCUT2D eigenvalue weighted by Gasteiger charge is -2.33. The number of aryl methyl sites for hydroxylation is 1. The predicted octanol–water partition coefficient (Wildman–Crippen LogP) is 2.55. The van der Waals surface area contributed by atoms with Crippen LogP contribution in [0, 0.1) is 0 Å². The standard InChI is InChI=1S/C19H25N3O2/c1-19(24,14-8-5-4-6-9-14)12-18(23)21(2)16-10-7-11-17-15(16)13-20-22(17)3/h4-6,8-9,13,16,24H,7,10-12H2,1-3H3. The van der Waals surface area contributed by atoms with Crippen molar-refractivity contribution in [3.8, 4) is 0 Å². The lowest BCUT2D eigenvalue weighted by Crippen LogP contribution is -2.37. The number of hydrogen-bond acceptors (Lipinski definition) is 3. The summed E-state index contributed by atoms with van der Waals surface area (Å²) in [5, 5.41) is 15.1. The van der Waals surface area contributed by atoms with E-state index in [-0.39, 0.29) is 18.4 Å². The number of hydrogen-bond donors (Lipinski definition) is 1. The van der Waals surface area contributed by atoms with Gasteiger partial charge in [0.15, 0.2) is 0 Å². The second-order valence-corrected chi connectivity index (χ2v) is 6.90. The Labute approximate surface area is 142 Å². The van der Waals surface area contributed by atoms with Gasteiger partial charge in [0.2, 0.25) is 5.91 Å². The van der Waals surface area contributed by atoms with Crippen molar-refractivity contribution in [2.75, 3.05) is 7.05 Å². The van der Waals surface area contributed by atoms with E-state index in [9.17, 15) is 9.90 Å². The van der Waals surface area contributed by atoms with E-state index in [4.69, 9.17) is 0 Å². The van der Waals surface area contributed by atoms with Crippen LogP contribution in [0.2, 0.25) is 0 Å². The highest BCUT2D eigenvalue weighted by Crippen LogP contribution is 2.34. The molecule has 128 valence electrons. The molecule has 24 heavy (non-hydrogen) atoms. The molecular formula is C19H25N3O2. The van der Waals surface area contributed by atoms with E-state index in [1.54, 1.807) is 11.8 Å². The number of rotatable bonds is 4. The van der Waals surface area contributed by atoms with E-state index in [0.717, 1.165) is 30.4 Å². The average Bonchev–Trinajstić information content (AvgIpc) is 2.96. The van der Waals surface area contributed by atoms with E-state index >= 15 is 0 Å². The maximum atomic E-state index is 12.8. The van der Waals surface area contributed by atoms with Gasteiger partial charge in [-0.3, -0.25) is 9.48 Å². The first-order valence-electron chi connectivity index (χ1n) is 8.44. The lowest BCUT2D eigenvalue weighted by molar-refractivity contribution is -0.137. The van der Waals surface area contributed by atoms with Crippen molar-refractivity contribution >= 4 is 5.91 Å². The number of benzene rings is 1. The summed E-state index contributed by atoms with van der Waals surface area (Å²) in [7, 11) is 3.78. The number of amides is 1. The van der Waals surface area contributed by atoms with Crippen molar-refractivity contribution < 1.29 is 9.90 Å². The van der Waals surface area contributed by atoms with Crippen molar-refractivity contribution in [3.05, 3.63) is 53.3 Å². The summed E-state index contributed by atoms with van der Waals surface area (Å²) in [5.74, 6) is -0.0504. The Balaban J connectivity index is 1.76. The van der Waals surface area contributed by atoms with Gasteiger partial charge >= 0.3 is 0 Å². The van der Waals surface area contributed by atoms with Crippen LogP contribution >= 0.6 is 0 Å². The Hall–Kier alpha value is -2.14. The Morgan fingerprint density at radius 2 is 2.12 bits per heavy atom. The van der Waals surface area contributed by atoms with Crippen LogP contribution in [0.25, 0.3) is 0 Å². The third-order valence-electron chi connectivity index (χ3n) is 5.10. The lowest BCUT2D eigenvalue weighted by atomic mass is 9.89. The van der Waals surface area contributed by atoms with Crippen molar-refractivity contribution in [2.45, 2.75) is 44.2 Å². The van der Waals surface area contributed by atoms with E-state index in [1.807, 2.05) is 55.3 Å². The minimum Gasteiger partial charge on any atom is -0.385 e. The van der Waals surface area contributed by atoms with Crippen LogP contribution in [0.1, 0.15) is 49.0 Å². The summed E-state index contributed by atoms with van der Waals surface area (Å²) < 4.78 is 1.90. The second kappa shape index (κ2) is 6.40. The van der Waals surface area contributed by atoms with E-state index in [2.05, 4.69) is 5.10 Å². The van der Waals surface area contributed by atoms with Crippen molar-refractivity contribution in [2.24, 2.45) is 7.05 Å². The van der Waals surface area contributed by atoms with Gasteiger partial charge in [-0.15, -0.1) is 0 Å². The predicted molar refractivity (Wildman–Crippen MR) is 92.3 cm³/mol. The molecule has 1 amide bonds. The van der Waals surface area contributed by atoms with Crippen LogP contribution in [-0.4, -0.2) is 32.7 Å². The molecule has 2 aromatic rings. The molecule has 0 saturated carbocycles. The molecule has 5 heteroatoms. The highest BCUT2D eigenvalue weighted by molar-refractivity contribution is 5.77. The Kier molecular flexibility index (Phi) is 4.45. The number of carbonyl (C=O) groups excluding carboxylic acids is 1. The highest BCUT2D eigenvalue weighted by atomic mass is 16.3. The smallest absolute Gasteiger partial charge is 0.226 e. The van der Waals surface area contributed by atoms with Gasteiger partial charge in [-0.2, -0.15) is 5.10 Å². The fourth-order valence-corrected chi connectivity index (χ4v) is 3.58. The zero-order valence-corrected chi connectivity index (χ0v) is 14.6. The van der Waals surface area contributed by atoms with Crippen LogP contribution in [0.3, 0.4) is 0 Å². The fraction of sp³-hybridized carbons (Fsp3) is 0.474. The van der Waals surface area contributed by atoms with Crippen LogP contribution < -0.4 is 0 Å². The SMILES string of the molecule is CN(C(=O)CC(C)(O)c1ccccc1)C1CCCc2c1cnn2C. The molecule has 0 aliphatic heterocycles. The molecule has 1 aromatic carbocycles. The number of carbonyl (C=O) groups is 1.